The van der Waals surface area contributed by atoms with Crippen molar-refractivity contribution in [3.05, 3.63) is 45.8 Å². The lowest BCUT2D eigenvalue weighted by atomic mass is 10.2. The Kier molecular flexibility index (Phi) is 7.13. The Hall–Kier alpha value is -2.43. The Bertz CT molecular complexity index is 836. The van der Waals surface area contributed by atoms with Gasteiger partial charge < -0.3 is 10.1 Å². The Morgan fingerprint density at radius 3 is 2.62 bits per heavy atom. The van der Waals surface area contributed by atoms with Crippen molar-refractivity contribution in [1.29, 1.82) is 5.26 Å². The number of nitriles is 1. The minimum Gasteiger partial charge on any atom is -0.494 e. The zero-order valence-corrected chi connectivity index (χ0v) is 16.6. The third-order valence-electron chi connectivity index (χ3n) is 3.83. The minimum atomic E-state index is -0.314. The Balaban J connectivity index is 1.96. The summed E-state index contributed by atoms with van der Waals surface area (Å²) in [7, 11) is 0. The van der Waals surface area contributed by atoms with E-state index >= 15 is 0 Å². The maximum Gasteiger partial charge on any atom is 0.257 e. The molecule has 0 atom stereocenters. The smallest absolute Gasteiger partial charge is 0.257 e. The zero-order valence-electron chi connectivity index (χ0n) is 15.0. The van der Waals surface area contributed by atoms with Crippen molar-refractivity contribution in [2.24, 2.45) is 0 Å². The summed E-state index contributed by atoms with van der Waals surface area (Å²) >= 11 is 6.64. The van der Waals surface area contributed by atoms with Gasteiger partial charge in [-0.1, -0.05) is 13.3 Å². The molecule has 2 N–H and O–H groups in total. The van der Waals surface area contributed by atoms with Crippen LogP contribution in [0.5, 0.6) is 5.75 Å². The zero-order chi connectivity index (χ0) is 19.1. The molecule has 2 aromatic rings. The monoisotopic (exact) mass is 387 g/mol. The third-order valence-corrected chi connectivity index (χ3v) is 5.16. The molecule has 26 heavy (non-hydrogen) atoms. The summed E-state index contributed by atoms with van der Waals surface area (Å²) in [5.41, 5.74) is 1.96. The van der Waals surface area contributed by atoms with Gasteiger partial charge in [0.25, 0.3) is 5.91 Å². The van der Waals surface area contributed by atoms with Crippen LogP contribution in [0.15, 0.2) is 24.3 Å². The quantitative estimate of drug-likeness (QED) is 0.562. The second-order valence-electron chi connectivity index (χ2n) is 5.73. The number of nitrogens with one attached hydrogen (secondary N) is 2. The van der Waals surface area contributed by atoms with Gasteiger partial charge in [0.1, 0.15) is 16.8 Å². The van der Waals surface area contributed by atoms with E-state index in [1.165, 1.54) is 11.3 Å². The van der Waals surface area contributed by atoms with Crippen molar-refractivity contribution in [3.8, 4) is 11.8 Å². The molecule has 0 aliphatic heterocycles. The average molecular weight is 388 g/mol. The van der Waals surface area contributed by atoms with Gasteiger partial charge in [0.2, 0.25) is 0 Å². The molecule has 0 fully saturated rings. The fraction of sp³-hybridized carbons (Fsp3) is 0.316. The number of thiocarbonyl (C=S) groups is 1. The van der Waals surface area contributed by atoms with E-state index in [0.717, 1.165) is 29.0 Å². The third kappa shape index (κ3) is 5.04. The standard InChI is InChI=1S/C19H21N3O2S2/c1-4-5-10-24-15-8-6-14(7-9-15)17(23)21-19(25)22-18-16(11-20)12(2)13(3)26-18/h6-9H,4-5,10H2,1-3H3,(H2,21,22,23,25). The summed E-state index contributed by atoms with van der Waals surface area (Å²) in [6.07, 6.45) is 2.07. The fourth-order valence-corrected chi connectivity index (χ4v) is 3.47. The number of carbonyl (C=O) groups is 1. The molecule has 0 radical (unpaired) electrons. The van der Waals surface area contributed by atoms with Gasteiger partial charge in [-0.2, -0.15) is 5.26 Å². The van der Waals surface area contributed by atoms with Gasteiger partial charge in [-0.3, -0.25) is 10.1 Å². The lowest BCUT2D eigenvalue weighted by molar-refractivity contribution is 0.0977. The first-order valence-corrected chi connectivity index (χ1v) is 9.54. The summed E-state index contributed by atoms with van der Waals surface area (Å²) in [6.45, 7) is 6.60. The molecule has 0 spiro atoms. The van der Waals surface area contributed by atoms with E-state index in [1.54, 1.807) is 24.3 Å². The van der Waals surface area contributed by atoms with E-state index in [1.807, 2.05) is 13.8 Å². The molecule has 0 unspecified atom stereocenters. The molecule has 2 rings (SSSR count). The van der Waals surface area contributed by atoms with E-state index in [-0.39, 0.29) is 11.0 Å². The van der Waals surface area contributed by atoms with Crippen molar-refractivity contribution < 1.29 is 9.53 Å². The Morgan fingerprint density at radius 1 is 1.31 bits per heavy atom. The predicted octanol–water partition coefficient (Wildman–Crippen LogP) is 4.54. The lowest BCUT2D eigenvalue weighted by Gasteiger charge is -2.09. The summed E-state index contributed by atoms with van der Waals surface area (Å²) in [4.78, 5) is 13.3. The van der Waals surface area contributed by atoms with E-state index in [2.05, 4.69) is 23.6 Å². The van der Waals surface area contributed by atoms with Crippen LogP contribution in [0.25, 0.3) is 0 Å². The van der Waals surface area contributed by atoms with Gasteiger partial charge in [-0.05, 0) is 62.3 Å². The SMILES string of the molecule is CCCCOc1ccc(C(=O)NC(=S)Nc2sc(C)c(C)c2C#N)cc1. The van der Waals surface area contributed by atoms with Gasteiger partial charge in [-0.25, -0.2) is 0 Å². The number of hydrogen-bond acceptors (Lipinski definition) is 5. The maximum absolute atomic E-state index is 12.3. The number of carbonyl (C=O) groups excluding carboxylic acids is 1. The minimum absolute atomic E-state index is 0.163. The average Bonchev–Trinajstić information content (AvgIpc) is 2.88. The lowest BCUT2D eigenvalue weighted by Crippen LogP contribution is -2.34. The molecular formula is C19H21N3O2S2. The molecule has 5 nitrogen and oxygen atoms in total. The molecule has 1 heterocycles. The summed E-state index contributed by atoms with van der Waals surface area (Å²) in [5, 5.41) is 15.6. The molecule has 0 aliphatic rings. The van der Waals surface area contributed by atoms with Gasteiger partial charge in [0.05, 0.1) is 12.2 Å². The van der Waals surface area contributed by atoms with E-state index < -0.39 is 0 Å². The van der Waals surface area contributed by atoms with Crippen LogP contribution < -0.4 is 15.4 Å². The van der Waals surface area contributed by atoms with Crippen molar-refractivity contribution in [3.63, 3.8) is 0 Å². The number of aryl methyl sites for hydroxylation is 1. The number of hydrogen-bond donors (Lipinski definition) is 2. The van der Waals surface area contributed by atoms with Gasteiger partial charge >= 0.3 is 0 Å². The van der Waals surface area contributed by atoms with Gasteiger partial charge in [0.15, 0.2) is 5.11 Å². The highest BCUT2D eigenvalue weighted by molar-refractivity contribution is 7.80. The van der Waals surface area contributed by atoms with Crippen molar-refractivity contribution >= 4 is 39.6 Å². The van der Waals surface area contributed by atoms with Crippen molar-refractivity contribution in [2.75, 3.05) is 11.9 Å². The number of nitrogens with zero attached hydrogens (tertiary/aromatic N) is 1. The van der Waals surface area contributed by atoms with E-state index in [0.29, 0.717) is 22.7 Å². The topological polar surface area (TPSA) is 74.2 Å². The molecule has 1 aromatic carbocycles. The number of amides is 1. The fourth-order valence-electron chi connectivity index (χ4n) is 2.20. The van der Waals surface area contributed by atoms with Crippen LogP contribution >= 0.6 is 23.6 Å². The van der Waals surface area contributed by atoms with E-state index in [9.17, 15) is 10.1 Å². The molecule has 0 bridgehead atoms. The molecule has 7 heteroatoms. The van der Waals surface area contributed by atoms with Crippen LogP contribution in [-0.4, -0.2) is 17.6 Å². The van der Waals surface area contributed by atoms with Crippen LogP contribution in [0.4, 0.5) is 5.00 Å². The summed E-state index contributed by atoms with van der Waals surface area (Å²) < 4.78 is 5.58. The summed E-state index contributed by atoms with van der Waals surface area (Å²) in [6, 6.07) is 9.08. The first kappa shape index (κ1) is 19.9. The van der Waals surface area contributed by atoms with Crippen molar-refractivity contribution in [1.82, 2.24) is 5.32 Å². The van der Waals surface area contributed by atoms with Crippen LogP contribution in [0.2, 0.25) is 0 Å². The Morgan fingerprint density at radius 2 is 2.00 bits per heavy atom. The molecular weight excluding hydrogens is 366 g/mol. The number of unbranched alkanes of at least 4 members (excludes halogenated alkanes) is 1. The molecule has 1 aromatic heterocycles. The molecule has 136 valence electrons. The van der Waals surface area contributed by atoms with Crippen LogP contribution in [0, 0.1) is 25.2 Å². The highest BCUT2D eigenvalue weighted by Gasteiger charge is 2.14. The first-order valence-electron chi connectivity index (χ1n) is 8.31. The number of rotatable bonds is 6. The summed E-state index contributed by atoms with van der Waals surface area (Å²) in [5.74, 6) is 0.421. The molecule has 0 saturated carbocycles. The Labute approximate surface area is 163 Å². The maximum atomic E-state index is 12.3. The van der Waals surface area contributed by atoms with Crippen LogP contribution in [-0.2, 0) is 0 Å². The van der Waals surface area contributed by atoms with Gasteiger partial charge in [-0.15, -0.1) is 11.3 Å². The molecule has 1 amide bonds. The number of anilines is 1. The normalized spacial score (nSPS) is 10.1. The molecule has 0 saturated heterocycles. The number of ether oxygens (including phenoxy) is 1. The van der Waals surface area contributed by atoms with E-state index in [4.69, 9.17) is 17.0 Å². The largest absolute Gasteiger partial charge is 0.494 e. The van der Waals surface area contributed by atoms with Crippen LogP contribution in [0.3, 0.4) is 0 Å². The number of benzene rings is 1. The highest BCUT2D eigenvalue weighted by Crippen LogP contribution is 2.31. The molecule has 0 aliphatic carbocycles. The predicted molar refractivity (Wildman–Crippen MR) is 109 cm³/mol. The van der Waals surface area contributed by atoms with Crippen LogP contribution in [0.1, 0.15) is 46.1 Å². The second kappa shape index (κ2) is 9.32. The highest BCUT2D eigenvalue weighted by atomic mass is 32.1. The number of thiophene rings is 1. The second-order valence-corrected chi connectivity index (χ2v) is 7.37. The first-order chi connectivity index (χ1) is 12.5. The van der Waals surface area contributed by atoms with Crippen molar-refractivity contribution in [2.45, 2.75) is 33.6 Å². The van der Waals surface area contributed by atoms with Gasteiger partial charge in [0, 0.05) is 10.4 Å².